The van der Waals surface area contributed by atoms with Crippen molar-refractivity contribution in [1.82, 2.24) is 10.2 Å². The van der Waals surface area contributed by atoms with Gasteiger partial charge >= 0.3 is 0 Å². The summed E-state index contributed by atoms with van der Waals surface area (Å²) in [7, 11) is 0. The van der Waals surface area contributed by atoms with Crippen molar-refractivity contribution in [3.05, 3.63) is 0 Å². The zero-order valence-electron chi connectivity index (χ0n) is 10.0. The average molecular weight is 249 g/mol. The van der Waals surface area contributed by atoms with Gasteiger partial charge in [0.1, 0.15) is 5.88 Å². The van der Waals surface area contributed by atoms with Crippen LogP contribution in [0, 0.1) is 0 Å². The summed E-state index contributed by atoms with van der Waals surface area (Å²) in [6, 6.07) is 0. The standard InChI is InChI=1S/C11H21ClN2O2/c1-9-7-14(8-10(2)16-9)5-3-4-13-11(15)6-12/h9-10H,3-8H2,1-2H3,(H,13,15)/t9-,10+. The monoisotopic (exact) mass is 248 g/mol. The maximum absolute atomic E-state index is 10.9. The van der Waals surface area contributed by atoms with E-state index >= 15 is 0 Å². The Balaban J connectivity index is 2.10. The molecule has 94 valence electrons. The second-order valence-corrected chi connectivity index (χ2v) is 4.62. The molecule has 1 aliphatic heterocycles. The molecule has 4 nitrogen and oxygen atoms in total. The topological polar surface area (TPSA) is 41.6 Å². The second kappa shape index (κ2) is 7.09. The number of amides is 1. The number of nitrogens with zero attached hydrogens (tertiary/aromatic N) is 1. The summed E-state index contributed by atoms with van der Waals surface area (Å²) in [5.41, 5.74) is 0. The highest BCUT2D eigenvalue weighted by Crippen LogP contribution is 2.10. The molecule has 1 amide bonds. The van der Waals surface area contributed by atoms with Crippen LogP contribution < -0.4 is 5.32 Å². The molecule has 0 aromatic carbocycles. The number of hydrogen-bond acceptors (Lipinski definition) is 3. The van der Waals surface area contributed by atoms with Crippen LogP contribution in [0.3, 0.4) is 0 Å². The minimum absolute atomic E-state index is 0.0472. The van der Waals surface area contributed by atoms with Crippen LogP contribution in [0.2, 0.25) is 0 Å². The molecule has 0 unspecified atom stereocenters. The van der Waals surface area contributed by atoms with Crippen LogP contribution in [-0.2, 0) is 9.53 Å². The predicted molar refractivity (Wildman–Crippen MR) is 64.8 cm³/mol. The zero-order chi connectivity index (χ0) is 12.0. The molecular formula is C11H21ClN2O2. The van der Waals surface area contributed by atoms with Gasteiger partial charge in [-0.3, -0.25) is 9.69 Å². The first kappa shape index (κ1) is 13.7. The van der Waals surface area contributed by atoms with Crippen LogP contribution in [0.25, 0.3) is 0 Å². The number of rotatable bonds is 5. The molecule has 1 fully saturated rings. The molecule has 16 heavy (non-hydrogen) atoms. The van der Waals surface area contributed by atoms with Crippen molar-refractivity contribution in [1.29, 1.82) is 0 Å². The van der Waals surface area contributed by atoms with Gasteiger partial charge in [-0.05, 0) is 20.3 Å². The van der Waals surface area contributed by atoms with E-state index < -0.39 is 0 Å². The molecule has 1 rings (SSSR count). The van der Waals surface area contributed by atoms with Crippen molar-refractivity contribution in [2.24, 2.45) is 0 Å². The maximum atomic E-state index is 10.9. The minimum Gasteiger partial charge on any atom is -0.373 e. The van der Waals surface area contributed by atoms with Gasteiger partial charge in [0.2, 0.25) is 5.91 Å². The van der Waals surface area contributed by atoms with Gasteiger partial charge in [-0.2, -0.15) is 0 Å². The summed E-state index contributed by atoms with van der Waals surface area (Å²) in [6.45, 7) is 7.85. The number of morpholine rings is 1. The predicted octanol–water partition coefficient (Wildman–Crippen LogP) is 0.841. The molecule has 1 saturated heterocycles. The SMILES string of the molecule is C[C@@H]1CN(CCCNC(=O)CCl)C[C@H](C)O1. The Morgan fingerprint density at radius 2 is 2.06 bits per heavy atom. The molecule has 1 N–H and O–H groups in total. The molecule has 1 aliphatic rings. The van der Waals surface area contributed by atoms with Gasteiger partial charge in [0.05, 0.1) is 12.2 Å². The summed E-state index contributed by atoms with van der Waals surface area (Å²) < 4.78 is 5.65. The number of alkyl halides is 1. The summed E-state index contributed by atoms with van der Waals surface area (Å²) in [5, 5.41) is 2.77. The molecule has 1 heterocycles. The van der Waals surface area contributed by atoms with Crippen molar-refractivity contribution in [2.75, 3.05) is 32.1 Å². The van der Waals surface area contributed by atoms with E-state index in [-0.39, 0.29) is 11.8 Å². The summed E-state index contributed by atoms with van der Waals surface area (Å²) in [4.78, 5) is 13.3. The van der Waals surface area contributed by atoms with Crippen molar-refractivity contribution in [3.63, 3.8) is 0 Å². The van der Waals surface area contributed by atoms with E-state index in [4.69, 9.17) is 16.3 Å². The highest BCUT2D eigenvalue weighted by atomic mass is 35.5. The smallest absolute Gasteiger partial charge is 0.234 e. The highest BCUT2D eigenvalue weighted by molar-refractivity contribution is 6.27. The number of carbonyl (C=O) groups is 1. The summed E-state index contributed by atoms with van der Waals surface area (Å²) in [5.74, 6) is -0.0450. The Hall–Kier alpha value is -0.320. The lowest BCUT2D eigenvalue weighted by atomic mass is 10.2. The van der Waals surface area contributed by atoms with Crippen molar-refractivity contribution in [3.8, 4) is 0 Å². The molecule has 0 spiro atoms. The zero-order valence-corrected chi connectivity index (χ0v) is 10.8. The third-order valence-corrected chi connectivity index (χ3v) is 2.83. The van der Waals surface area contributed by atoms with Gasteiger partial charge in [0.15, 0.2) is 0 Å². The van der Waals surface area contributed by atoms with E-state index in [2.05, 4.69) is 24.1 Å². The molecule has 0 aliphatic carbocycles. The number of ether oxygens (including phenoxy) is 1. The fraction of sp³-hybridized carbons (Fsp3) is 0.909. The molecule has 0 radical (unpaired) electrons. The lowest BCUT2D eigenvalue weighted by molar-refractivity contribution is -0.118. The van der Waals surface area contributed by atoms with Crippen molar-refractivity contribution >= 4 is 17.5 Å². The van der Waals surface area contributed by atoms with E-state index in [0.29, 0.717) is 18.8 Å². The molecule has 2 atom stereocenters. The van der Waals surface area contributed by atoms with Crippen LogP contribution in [0.1, 0.15) is 20.3 Å². The van der Waals surface area contributed by atoms with Gasteiger partial charge in [0.25, 0.3) is 0 Å². The third-order valence-electron chi connectivity index (χ3n) is 2.59. The highest BCUT2D eigenvalue weighted by Gasteiger charge is 2.21. The largest absolute Gasteiger partial charge is 0.373 e. The Morgan fingerprint density at radius 3 is 2.62 bits per heavy atom. The molecule has 0 saturated carbocycles. The van der Waals surface area contributed by atoms with E-state index in [1.165, 1.54) is 0 Å². The van der Waals surface area contributed by atoms with E-state index in [9.17, 15) is 4.79 Å². The number of hydrogen-bond donors (Lipinski definition) is 1. The Kier molecular flexibility index (Phi) is 6.09. The van der Waals surface area contributed by atoms with Gasteiger partial charge in [-0.15, -0.1) is 11.6 Å². The van der Waals surface area contributed by atoms with Gasteiger partial charge in [0, 0.05) is 26.2 Å². The number of nitrogens with one attached hydrogen (secondary N) is 1. The van der Waals surface area contributed by atoms with Gasteiger partial charge < -0.3 is 10.1 Å². The molecule has 0 aromatic rings. The fourth-order valence-electron chi connectivity index (χ4n) is 2.04. The maximum Gasteiger partial charge on any atom is 0.234 e. The Bertz CT molecular complexity index is 216. The second-order valence-electron chi connectivity index (χ2n) is 4.35. The molecular weight excluding hydrogens is 228 g/mol. The van der Waals surface area contributed by atoms with Crippen molar-refractivity contribution < 1.29 is 9.53 Å². The number of carbonyl (C=O) groups excluding carboxylic acids is 1. The van der Waals surface area contributed by atoms with Crippen LogP contribution in [0.4, 0.5) is 0 Å². The quantitative estimate of drug-likeness (QED) is 0.579. The van der Waals surface area contributed by atoms with Crippen LogP contribution in [-0.4, -0.2) is 55.1 Å². The first-order valence-electron chi connectivity index (χ1n) is 5.82. The van der Waals surface area contributed by atoms with Crippen LogP contribution in [0.5, 0.6) is 0 Å². The van der Waals surface area contributed by atoms with Crippen molar-refractivity contribution in [2.45, 2.75) is 32.5 Å². The van der Waals surface area contributed by atoms with Gasteiger partial charge in [-0.25, -0.2) is 0 Å². The summed E-state index contributed by atoms with van der Waals surface area (Å²) >= 11 is 5.38. The lowest BCUT2D eigenvalue weighted by Gasteiger charge is -2.35. The first-order chi connectivity index (χ1) is 7.61. The van der Waals surface area contributed by atoms with Crippen LogP contribution in [0.15, 0.2) is 0 Å². The van der Waals surface area contributed by atoms with E-state index in [0.717, 1.165) is 26.1 Å². The lowest BCUT2D eigenvalue weighted by Crippen LogP contribution is -2.46. The van der Waals surface area contributed by atoms with Gasteiger partial charge in [-0.1, -0.05) is 0 Å². The molecule has 0 aromatic heterocycles. The fourth-order valence-corrected chi connectivity index (χ4v) is 2.14. The average Bonchev–Trinajstić information content (AvgIpc) is 2.22. The summed E-state index contributed by atoms with van der Waals surface area (Å²) in [6.07, 6.45) is 1.57. The first-order valence-corrected chi connectivity index (χ1v) is 6.35. The normalized spacial score (nSPS) is 26.7. The number of halogens is 1. The van der Waals surface area contributed by atoms with E-state index in [1.54, 1.807) is 0 Å². The van der Waals surface area contributed by atoms with Crippen LogP contribution >= 0.6 is 11.6 Å². The minimum atomic E-state index is -0.0922. The molecule has 5 heteroatoms. The molecule has 0 bridgehead atoms. The Labute approximate surface area is 102 Å². The Morgan fingerprint density at radius 1 is 1.44 bits per heavy atom. The third kappa shape index (κ3) is 5.14. The van der Waals surface area contributed by atoms with E-state index in [1.807, 2.05) is 0 Å².